The van der Waals surface area contributed by atoms with Crippen LogP contribution in [0.15, 0.2) is 85.1 Å². The van der Waals surface area contributed by atoms with E-state index in [1.54, 1.807) is 54.1 Å². The number of esters is 1. The van der Waals surface area contributed by atoms with E-state index in [1.165, 1.54) is 36.2 Å². The number of fused-ring (bicyclic) bond motifs is 1. The second kappa shape index (κ2) is 12.6. The summed E-state index contributed by atoms with van der Waals surface area (Å²) in [5.41, 5.74) is -2.62. The lowest BCUT2D eigenvalue weighted by Crippen LogP contribution is -2.17. The molecule has 3 aromatic heterocycles. The molecule has 0 spiro atoms. The SMILES string of the molecule is CCOC(=O)c1nc(-c2cc(Oc3ccc4c(c3)nc(N(c3ccccc3)c3cc(C(F)(F)F)ccc3F)n4C)ccn2)[nH]c1C(F)(F)F. The lowest BCUT2D eigenvalue weighted by atomic mass is 10.1. The van der Waals surface area contributed by atoms with Crippen molar-refractivity contribution in [3.05, 3.63) is 108 Å². The fraction of sp³-hybridized carbons (Fsp3) is 0.152. The van der Waals surface area contributed by atoms with E-state index in [2.05, 4.69) is 19.9 Å². The average Bonchev–Trinajstić information content (AvgIpc) is 3.65. The highest BCUT2D eigenvalue weighted by Gasteiger charge is 2.40. The van der Waals surface area contributed by atoms with Gasteiger partial charge >= 0.3 is 18.3 Å². The van der Waals surface area contributed by atoms with Crippen molar-refractivity contribution in [2.45, 2.75) is 19.3 Å². The third kappa shape index (κ3) is 6.61. The van der Waals surface area contributed by atoms with Gasteiger partial charge in [-0.3, -0.25) is 9.88 Å². The Bertz CT molecular complexity index is 2160. The predicted octanol–water partition coefficient (Wildman–Crippen LogP) is 8.97. The molecular formula is C33H23F7N6O3. The Morgan fingerprint density at radius 1 is 0.898 bits per heavy atom. The van der Waals surface area contributed by atoms with E-state index in [9.17, 15) is 31.1 Å². The number of nitrogens with one attached hydrogen (secondary N) is 1. The zero-order valence-corrected chi connectivity index (χ0v) is 25.4. The molecule has 0 saturated carbocycles. The minimum absolute atomic E-state index is 0.0682. The molecule has 0 fully saturated rings. The number of halogens is 7. The van der Waals surface area contributed by atoms with Crippen molar-refractivity contribution in [2.24, 2.45) is 7.05 Å². The van der Waals surface area contributed by atoms with Crippen molar-refractivity contribution in [1.82, 2.24) is 24.5 Å². The molecule has 16 heteroatoms. The highest BCUT2D eigenvalue weighted by Crippen LogP contribution is 2.41. The second-order valence-electron chi connectivity index (χ2n) is 10.5. The van der Waals surface area contributed by atoms with Gasteiger partial charge in [0.2, 0.25) is 5.95 Å². The Kier molecular flexibility index (Phi) is 8.48. The van der Waals surface area contributed by atoms with Crippen LogP contribution in [0.3, 0.4) is 0 Å². The van der Waals surface area contributed by atoms with Gasteiger partial charge in [-0.25, -0.2) is 19.2 Å². The van der Waals surface area contributed by atoms with Gasteiger partial charge in [0.15, 0.2) is 17.2 Å². The first-order valence-corrected chi connectivity index (χ1v) is 14.4. The van der Waals surface area contributed by atoms with Crippen LogP contribution in [-0.2, 0) is 24.1 Å². The maximum atomic E-state index is 15.2. The molecule has 0 atom stereocenters. The third-order valence-electron chi connectivity index (χ3n) is 7.22. The number of benzene rings is 3. The number of carbonyl (C=O) groups excluding carboxylic acids is 1. The Morgan fingerprint density at radius 3 is 2.33 bits per heavy atom. The Hall–Kier alpha value is -5.93. The highest BCUT2D eigenvalue weighted by molar-refractivity contribution is 5.89. The number of nitrogens with zero attached hydrogens (tertiary/aromatic N) is 5. The van der Waals surface area contributed by atoms with Gasteiger partial charge < -0.3 is 19.0 Å². The summed E-state index contributed by atoms with van der Waals surface area (Å²) in [6.45, 7) is 1.29. The summed E-state index contributed by atoms with van der Waals surface area (Å²) in [5.74, 6) is -2.05. The summed E-state index contributed by atoms with van der Waals surface area (Å²) in [6.07, 6.45) is -8.39. The molecule has 252 valence electrons. The van der Waals surface area contributed by atoms with Crippen LogP contribution < -0.4 is 9.64 Å². The first-order valence-electron chi connectivity index (χ1n) is 14.4. The van der Waals surface area contributed by atoms with Crippen molar-refractivity contribution in [2.75, 3.05) is 11.5 Å². The molecule has 6 aromatic rings. The summed E-state index contributed by atoms with van der Waals surface area (Å²) in [5, 5.41) is 0. The number of aryl methyl sites for hydroxylation is 1. The number of hydrogen-bond donors (Lipinski definition) is 1. The van der Waals surface area contributed by atoms with Crippen molar-refractivity contribution >= 4 is 34.3 Å². The largest absolute Gasteiger partial charge is 0.461 e. The number of anilines is 3. The monoisotopic (exact) mass is 684 g/mol. The molecule has 0 aliphatic rings. The summed E-state index contributed by atoms with van der Waals surface area (Å²) in [4.78, 5) is 28.0. The summed E-state index contributed by atoms with van der Waals surface area (Å²) < 4.78 is 109. The van der Waals surface area contributed by atoms with Gasteiger partial charge in [0.1, 0.15) is 23.0 Å². The molecular weight excluding hydrogens is 661 g/mol. The fourth-order valence-electron chi connectivity index (χ4n) is 5.02. The Labute approximate surface area is 272 Å². The lowest BCUT2D eigenvalue weighted by Gasteiger charge is -2.25. The summed E-state index contributed by atoms with van der Waals surface area (Å²) in [7, 11) is 1.62. The number of ether oxygens (including phenoxy) is 2. The number of pyridine rings is 1. The van der Waals surface area contributed by atoms with Crippen molar-refractivity contribution < 1.29 is 45.0 Å². The number of aromatic nitrogens is 5. The first-order chi connectivity index (χ1) is 23.2. The molecule has 0 unspecified atom stereocenters. The smallest absolute Gasteiger partial charge is 0.433 e. The Morgan fingerprint density at radius 2 is 1.63 bits per heavy atom. The van der Waals surface area contributed by atoms with Gasteiger partial charge in [0, 0.05) is 31.1 Å². The molecule has 0 saturated heterocycles. The van der Waals surface area contributed by atoms with Crippen LogP contribution >= 0.6 is 0 Å². The number of alkyl halides is 6. The molecule has 0 amide bonds. The number of carbonyl (C=O) groups is 1. The summed E-state index contributed by atoms with van der Waals surface area (Å²) >= 11 is 0. The number of H-pyrrole nitrogens is 1. The molecule has 0 bridgehead atoms. The number of rotatable bonds is 8. The molecule has 49 heavy (non-hydrogen) atoms. The molecule has 0 aliphatic heterocycles. The molecule has 0 radical (unpaired) electrons. The van der Waals surface area contributed by atoms with Crippen molar-refractivity contribution in [1.29, 1.82) is 0 Å². The molecule has 9 nitrogen and oxygen atoms in total. The number of aromatic amines is 1. The lowest BCUT2D eigenvalue weighted by molar-refractivity contribution is -0.141. The second-order valence-corrected chi connectivity index (χ2v) is 10.5. The molecule has 3 heterocycles. The van der Waals surface area contributed by atoms with E-state index in [-0.39, 0.29) is 41.3 Å². The van der Waals surface area contributed by atoms with Crippen molar-refractivity contribution in [3.8, 4) is 23.0 Å². The van der Waals surface area contributed by atoms with E-state index in [4.69, 9.17) is 9.47 Å². The number of imidazole rings is 2. The van der Waals surface area contributed by atoms with Crippen LogP contribution in [0.5, 0.6) is 11.5 Å². The van der Waals surface area contributed by atoms with E-state index in [0.29, 0.717) is 28.9 Å². The van der Waals surface area contributed by atoms with Crippen LogP contribution in [0.1, 0.15) is 28.7 Å². The molecule has 3 aromatic carbocycles. The van der Waals surface area contributed by atoms with Crippen LogP contribution in [0.4, 0.5) is 48.1 Å². The average molecular weight is 685 g/mol. The van der Waals surface area contributed by atoms with Crippen molar-refractivity contribution in [3.63, 3.8) is 0 Å². The molecule has 1 N–H and O–H groups in total. The molecule has 0 aliphatic carbocycles. The van der Waals surface area contributed by atoms with E-state index in [1.807, 2.05) is 0 Å². The van der Waals surface area contributed by atoms with Gasteiger partial charge in [-0.2, -0.15) is 26.3 Å². The minimum Gasteiger partial charge on any atom is -0.461 e. The van der Waals surface area contributed by atoms with E-state index < -0.39 is 41.1 Å². The quantitative estimate of drug-likeness (QED) is 0.126. The van der Waals surface area contributed by atoms with E-state index >= 15 is 4.39 Å². The van der Waals surface area contributed by atoms with Crippen LogP contribution in [-0.4, -0.2) is 37.1 Å². The first kappa shape index (κ1) is 33.0. The minimum atomic E-state index is -4.93. The van der Waals surface area contributed by atoms with Gasteiger partial charge in [-0.15, -0.1) is 0 Å². The highest BCUT2D eigenvalue weighted by atomic mass is 19.4. The maximum Gasteiger partial charge on any atom is 0.433 e. The van der Waals surface area contributed by atoms with Gasteiger partial charge in [-0.1, -0.05) is 18.2 Å². The Balaban J connectivity index is 1.36. The van der Waals surface area contributed by atoms with Gasteiger partial charge in [0.05, 0.1) is 28.9 Å². The zero-order valence-electron chi connectivity index (χ0n) is 25.4. The number of hydrogen-bond acceptors (Lipinski definition) is 7. The third-order valence-corrected chi connectivity index (χ3v) is 7.22. The standard InChI is InChI=1S/C33H23F7N6O3/c1-3-48-30(47)27-28(33(38,39)40)44-29(43-27)24-17-21(13-14-41-24)49-20-10-12-25-23(16-20)42-31(45(25)2)46(19-7-5-4-6-8-19)26-15-18(32(35,36)37)9-11-22(26)34/h4-17H,3H2,1-2H3,(H,43,44). The maximum absolute atomic E-state index is 15.2. The van der Waals surface area contributed by atoms with Gasteiger partial charge in [0.25, 0.3) is 0 Å². The fourth-order valence-corrected chi connectivity index (χ4v) is 5.02. The topological polar surface area (TPSA) is 98.2 Å². The van der Waals surface area contributed by atoms with E-state index in [0.717, 1.165) is 6.07 Å². The molecule has 6 rings (SSSR count). The predicted molar refractivity (Wildman–Crippen MR) is 163 cm³/mol. The normalized spacial score (nSPS) is 11.9. The van der Waals surface area contributed by atoms with Crippen LogP contribution in [0.2, 0.25) is 0 Å². The zero-order chi connectivity index (χ0) is 35.1. The summed E-state index contributed by atoms with van der Waals surface area (Å²) in [6, 6.07) is 17.8. The van der Waals surface area contributed by atoms with Crippen LogP contribution in [0, 0.1) is 5.82 Å². The van der Waals surface area contributed by atoms with Crippen LogP contribution in [0.25, 0.3) is 22.6 Å². The van der Waals surface area contributed by atoms with Gasteiger partial charge in [-0.05, 0) is 55.5 Å². The number of para-hydroxylation sites is 1.